The van der Waals surface area contributed by atoms with Gasteiger partial charge in [0.2, 0.25) is 23.6 Å². The van der Waals surface area contributed by atoms with Crippen molar-refractivity contribution in [2.24, 2.45) is 17.4 Å². The fourth-order valence-electron chi connectivity index (χ4n) is 3.59. The van der Waals surface area contributed by atoms with E-state index in [2.05, 4.69) is 20.9 Å². The van der Waals surface area contributed by atoms with Crippen LogP contribution in [0.1, 0.15) is 32.3 Å². The molecule has 0 fully saturated rings. The first-order valence-electron chi connectivity index (χ1n) is 11.8. The van der Waals surface area contributed by atoms with Crippen molar-refractivity contribution in [3.63, 3.8) is 0 Å². The SMILES string of the molecule is CC(C)C(N)C(=O)NC(CO)C(=O)NC(CCC(N)=O)C(=O)NC(Cc1c[nH]c2ccccc12)C(=O)O. The first-order chi connectivity index (χ1) is 17.4. The molecule has 1 aromatic heterocycles. The zero-order chi connectivity index (χ0) is 27.7. The van der Waals surface area contributed by atoms with E-state index < -0.39 is 60.4 Å². The van der Waals surface area contributed by atoms with Crippen molar-refractivity contribution in [1.29, 1.82) is 0 Å². The van der Waals surface area contributed by atoms with Crippen LogP contribution in [-0.4, -0.2) is 75.6 Å². The average Bonchev–Trinajstić information content (AvgIpc) is 3.26. The summed E-state index contributed by atoms with van der Waals surface area (Å²) in [7, 11) is 0. The van der Waals surface area contributed by atoms with Crippen LogP contribution >= 0.6 is 0 Å². The number of rotatable bonds is 14. The number of H-pyrrole nitrogens is 1. The molecule has 4 atom stereocenters. The Morgan fingerprint density at radius 2 is 1.54 bits per heavy atom. The number of fused-ring (bicyclic) bond motifs is 1. The van der Waals surface area contributed by atoms with Gasteiger partial charge in [0.25, 0.3) is 0 Å². The van der Waals surface area contributed by atoms with Gasteiger partial charge in [0.1, 0.15) is 18.1 Å². The number of nitrogens with two attached hydrogens (primary N) is 2. The van der Waals surface area contributed by atoms with Crippen molar-refractivity contribution in [2.45, 2.75) is 57.3 Å². The number of carboxylic acid groups (broad SMARTS) is 1. The van der Waals surface area contributed by atoms with Gasteiger partial charge in [-0.25, -0.2) is 4.79 Å². The van der Waals surface area contributed by atoms with Crippen molar-refractivity contribution in [1.82, 2.24) is 20.9 Å². The number of carboxylic acids is 1. The van der Waals surface area contributed by atoms with Crippen molar-refractivity contribution in [3.8, 4) is 0 Å². The number of carbonyl (C=O) groups excluding carboxylic acids is 4. The topological polar surface area (TPSA) is 230 Å². The van der Waals surface area contributed by atoms with Crippen LogP contribution in [0, 0.1) is 5.92 Å². The Kier molecular flexibility index (Phi) is 10.6. The minimum absolute atomic E-state index is 0.0516. The summed E-state index contributed by atoms with van der Waals surface area (Å²) in [5, 5.41) is 27.2. The monoisotopic (exact) mass is 518 g/mol. The van der Waals surface area contributed by atoms with Crippen molar-refractivity contribution >= 4 is 40.5 Å². The third kappa shape index (κ3) is 8.29. The molecule has 0 radical (unpaired) electrons. The number of aromatic nitrogens is 1. The van der Waals surface area contributed by atoms with Crippen LogP contribution in [-0.2, 0) is 30.4 Å². The predicted molar refractivity (Wildman–Crippen MR) is 134 cm³/mol. The zero-order valence-corrected chi connectivity index (χ0v) is 20.7. The van der Waals surface area contributed by atoms with Gasteiger partial charge in [-0.05, 0) is 24.0 Å². The molecule has 4 amide bonds. The standard InChI is InChI=1S/C24H34N6O7/c1-12(2)20(26)23(35)30-18(11-31)22(34)28-16(7-8-19(25)32)21(33)29-17(24(36)37)9-13-10-27-15-6-4-3-5-14(13)15/h3-6,10,12,16-18,20,27,31H,7-9,11,26H2,1-2H3,(H2,25,32)(H,28,34)(H,29,33)(H,30,35)(H,36,37). The van der Waals surface area contributed by atoms with Gasteiger partial charge in [-0.15, -0.1) is 0 Å². The third-order valence-corrected chi connectivity index (χ3v) is 5.86. The van der Waals surface area contributed by atoms with Gasteiger partial charge in [-0.1, -0.05) is 32.0 Å². The van der Waals surface area contributed by atoms with E-state index >= 15 is 0 Å². The average molecular weight is 519 g/mol. The van der Waals surface area contributed by atoms with Crippen LogP contribution in [0.2, 0.25) is 0 Å². The van der Waals surface area contributed by atoms with E-state index in [1.165, 1.54) is 0 Å². The number of carbonyl (C=O) groups is 5. The molecule has 0 saturated heterocycles. The number of benzene rings is 1. The van der Waals surface area contributed by atoms with Crippen LogP contribution in [0.4, 0.5) is 0 Å². The van der Waals surface area contributed by atoms with E-state index in [9.17, 15) is 34.2 Å². The van der Waals surface area contributed by atoms with Gasteiger partial charge in [0.05, 0.1) is 12.6 Å². The Morgan fingerprint density at radius 3 is 2.14 bits per heavy atom. The van der Waals surface area contributed by atoms with Crippen LogP contribution in [0.15, 0.2) is 30.5 Å². The third-order valence-electron chi connectivity index (χ3n) is 5.86. The van der Waals surface area contributed by atoms with Crippen molar-refractivity contribution in [3.05, 3.63) is 36.0 Å². The van der Waals surface area contributed by atoms with E-state index in [1.54, 1.807) is 26.1 Å². The highest BCUT2D eigenvalue weighted by atomic mass is 16.4. The van der Waals surface area contributed by atoms with Gasteiger partial charge < -0.3 is 42.6 Å². The number of aliphatic carboxylic acids is 1. The summed E-state index contributed by atoms with van der Waals surface area (Å²) in [6, 6.07) is 2.18. The molecule has 0 spiro atoms. The molecule has 13 heteroatoms. The maximum Gasteiger partial charge on any atom is 0.326 e. The highest BCUT2D eigenvalue weighted by Gasteiger charge is 2.31. The van der Waals surface area contributed by atoms with E-state index in [-0.39, 0.29) is 25.2 Å². The summed E-state index contributed by atoms with van der Waals surface area (Å²) in [6.07, 6.45) is 1.08. The van der Waals surface area contributed by atoms with Crippen LogP contribution in [0.25, 0.3) is 10.9 Å². The lowest BCUT2D eigenvalue weighted by atomic mass is 10.0. The Bertz CT molecular complexity index is 1130. The number of hydrogen-bond donors (Lipinski definition) is 8. The second-order valence-electron chi connectivity index (χ2n) is 9.04. The molecule has 1 heterocycles. The fourth-order valence-corrected chi connectivity index (χ4v) is 3.59. The Labute approximate surface area is 213 Å². The number of aromatic amines is 1. The normalized spacial score (nSPS) is 14.4. The second kappa shape index (κ2) is 13.4. The lowest BCUT2D eigenvalue weighted by Gasteiger charge is -2.24. The first kappa shape index (κ1) is 29.3. The first-order valence-corrected chi connectivity index (χ1v) is 11.8. The summed E-state index contributed by atoms with van der Waals surface area (Å²) in [6.45, 7) is 2.63. The molecule has 0 saturated carbocycles. The lowest BCUT2D eigenvalue weighted by Crippen LogP contribution is -2.58. The minimum atomic E-state index is -1.43. The molecule has 202 valence electrons. The van der Waals surface area contributed by atoms with E-state index in [0.717, 1.165) is 10.9 Å². The lowest BCUT2D eigenvalue weighted by molar-refractivity contribution is -0.142. The Hall–Kier alpha value is -3.97. The zero-order valence-electron chi connectivity index (χ0n) is 20.7. The summed E-state index contributed by atoms with van der Waals surface area (Å²) >= 11 is 0. The molecule has 4 unspecified atom stereocenters. The minimum Gasteiger partial charge on any atom is -0.480 e. The van der Waals surface area contributed by atoms with E-state index in [1.807, 2.05) is 18.2 Å². The van der Waals surface area contributed by atoms with Crippen molar-refractivity contribution < 1.29 is 34.2 Å². The Balaban J connectivity index is 2.16. The molecule has 2 rings (SSSR count). The molecule has 10 N–H and O–H groups in total. The number of para-hydroxylation sites is 1. The van der Waals surface area contributed by atoms with Gasteiger partial charge in [0.15, 0.2) is 0 Å². The van der Waals surface area contributed by atoms with Crippen LogP contribution in [0.5, 0.6) is 0 Å². The number of aliphatic hydroxyl groups excluding tert-OH is 1. The predicted octanol–water partition coefficient (Wildman–Crippen LogP) is -1.51. The molecular formula is C24H34N6O7. The van der Waals surface area contributed by atoms with E-state index in [4.69, 9.17) is 11.5 Å². The number of amides is 4. The molecule has 0 aliphatic rings. The summed E-state index contributed by atoms with van der Waals surface area (Å²) in [4.78, 5) is 64.3. The highest BCUT2D eigenvalue weighted by molar-refractivity contribution is 5.94. The van der Waals surface area contributed by atoms with Gasteiger partial charge in [0, 0.05) is 29.9 Å². The largest absolute Gasteiger partial charge is 0.480 e. The van der Waals surface area contributed by atoms with Gasteiger partial charge >= 0.3 is 5.97 Å². The number of aliphatic hydroxyl groups is 1. The Morgan fingerprint density at radius 1 is 0.946 bits per heavy atom. The smallest absolute Gasteiger partial charge is 0.326 e. The molecular weight excluding hydrogens is 484 g/mol. The quantitative estimate of drug-likeness (QED) is 0.146. The van der Waals surface area contributed by atoms with Crippen molar-refractivity contribution in [2.75, 3.05) is 6.61 Å². The number of hydrogen-bond acceptors (Lipinski definition) is 7. The van der Waals surface area contributed by atoms with Crippen LogP contribution in [0.3, 0.4) is 0 Å². The number of primary amides is 1. The van der Waals surface area contributed by atoms with Gasteiger partial charge in [-0.2, -0.15) is 0 Å². The highest BCUT2D eigenvalue weighted by Crippen LogP contribution is 2.19. The summed E-state index contributed by atoms with van der Waals surface area (Å²) in [5.41, 5.74) is 12.4. The molecule has 1 aromatic carbocycles. The molecule has 0 aliphatic heterocycles. The number of nitrogens with one attached hydrogen (secondary N) is 4. The maximum absolute atomic E-state index is 13.0. The fraction of sp³-hybridized carbons (Fsp3) is 0.458. The maximum atomic E-state index is 13.0. The van der Waals surface area contributed by atoms with E-state index in [0.29, 0.717) is 5.56 Å². The second-order valence-corrected chi connectivity index (χ2v) is 9.04. The molecule has 2 aromatic rings. The van der Waals surface area contributed by atoms with Crippen LogP contribution < -0.4 is 27.4 Å². The summed E-state index contributed by atoms with van der Waals surface area (Å²) in [5.74, 6) is -4.74. The summed E-state index contributed by atoms with van der Waals surface area (Å²) < 4.78 is 0. The molecule has 13 nitrogen and oxygen atoms in total. The molecule has 0 aliphatic carbocycles. The van der Waals surface area contributed by atoms with Gasteiger partial charge in [-0.3, -0.25) is 19.2 Å². The molecule has 0 bridgehead atoms. The molecule has 37 heavy (non-hydrogen) atoms.